The minimum atomic E-state index is -4.38. The number of oxime groups is 1. The highest BCUT2D eigenvalue weighted by Crippen LogP contribution is 2.38. The number of carbonyl (C=O) groups is 3. The number of likely N-dealkylation sites (tertiary alicyclic amines) is 2. The van der Waals surface area contributed by atoms with Crippen LogP contribution in [0.25, 0.3) is 0 Å². The molecular weight excluding hydrogens is 539 g/mol. The highest BCUT2D eigenvalue weighted by Gasteiger charge is 2.45. The number of halogens is 3. The van der Waals surface area contributed by atoms with Gasteiger partial charge in [0.15, 0.2) is 5.84 Å². The van der Waals surface area contributed by atoms with Gasteiger partial charge in [-0.1, -0.05) is 37.6 Å². The van der Waals surface area contributed by atoms with Gasteiger partial charge in [0.25, 0.3) is 0 Å². The third kappa shape index (κ3) is 6.52. The van der Waals surface area contributed by atoms with Crippen LogP contribution in [0.1, 0.15) is 69.7 Å². The minimum absolute atomic E-state index is 0.0100. The lowest BCUT2D eigenvalue weighted by Gasteiger charge is -2.37. The van der Waals surface area contributed by atoms with Gasteiger partial charge in [-0.15, -0.1) is 0 Å². The molecule has 1 aromatic carbocycles. The number of nitrogens with zero attached hydrogens (tertiary/aromatic N) is 3. The molecule has 5 atom stereocenters. The first-order chi connectivity index (χ1) is 19.5. The first kappa shape index (κ1) is 29.3. The summed E-state index contributed by atoms with van der Waals surface area (Å²) in [4.78, 5) is 46.4. The molecule has 4 aliphatic rings. The van der Waals surface area contributed by atoms with E-state index in [1.54, 1.807) is 4.90 Å². The molecule has 2 N–H and O–H groups in total. The molecule has 9 nitrogen and oxygen atoms in total. The maximum Gasteiger partial charge on any atom is 0.416 e. The molecule has 3 amide bonds. The molecule has 3 saturated heterocycles. The van der Waals surface area contributed by atoms with E-state index < -0.39 is 24.0 Å². The van der Waals surface area contributed by atoms with Gasteiger partial charge in [0.05, 0.1) is 12.1 Å². The summed E-state index contributed by atoms with van der Waals surface area (Å²) in [5.74, 6) is 1.10. The molecule has 0 bridgehead atoms. The average Bonchev–Trinajstić information content (AvgIpc) is 3.52. The Morgan fingerprint density at radius 1 is 1.10 bits per heavy atom. The fourth-order valence-electron chi connectivity index (χ4n) is 6.76. The molecule has 3 fully saturated rings. The number of piperidine rings is 2. The van der Waals surface area contributed by atoms with Gasteiger partial charge < -0.3 is 15.1 Å². The second-order valence-electron chi connectivity index (χ2n) is 11.8. The monoisotopic (exact) mass is 577 g/mol. The smallest absolute Gasteiger partial charge is 0.364 e. The van der Waals surface area contributed by atoms with Crippen LogP contribution in [0, 0.1) is 23.7 Å². The van der Waals surface area contributed by atoms with E-state index in [0.29, 0.717) is 42.7 Å². The summed E-state index contributed by atoms with van der Waals surface area (Å²) in [7, 11) is 0. The predicted octanol–water partition coefficient (Wildman–Crippen LogP) is 3.67. The molecule has 1 aromatic rings. The molecule has 0 radical (unpaired) electrons. The Labute approximate surface area is 237 Å². The number of amides is 3. The number of hydrogen-bond acceptors (Lipinski definition) is 7. The standard InChI is InChI=1S/C29H38F3N5O4/c1-3-18(14-21-15-37(28(40)17(21)2)23-8-9-25(38)34-26(23)39)19-10-12-36(13-11-19)16-24-33-27(41-35-24)20-4-6-22(7-5-20)29(30,31)32/h4-7,17-19,21,23,27H,3,8-16H2,1-2H3,(H,33,35)(H,34,38,39). The highest BCUT2D eigenvalue weighted by molar-refractivity contribution is 6.02. The molecule has 12 heteroatoms. The van der Waals surface area contributed by atoms with Crippen molar-refractivity contribution in [2.24, 2.45) is 28.8 Å². The molecule has 4 aliphatic heterocycles. The van der Waals surface area contributed by atoms with Crippen LogP contribution in [-0.2, 0) is 25.4 Å². The van der Waals surface area contributed by atoms with Crippen LogP contribution in [-0.4, -0.2) is 65.6 Å². The van der Waals surface area contributed by atoms with Crippen LogP contribution >= 0.6 is 0 Å². The summed E-state index contributed by atoms with van der Waals surface area (Å²) in [5, 5.41) is 9.67. The van der Waals surface area contributed by atoms with E-state index in [-0.39, 0.29) is 36.0 Å². The molecule has 0 spiro atoms. The Morgan fingerprint density at radius 3 is 2.44 bits per heavy atom. The van der Waals surface area contributed by atoms with E-state index in [1.807, 2.05) is 6.92 Å². The number of amidine groups is 1. The van der Waals surface area contributed by atoms with Crippen LogP contribution in [0.2, 0.25) is 0 Å². The molecule has 0 aliphatic carbocycles. The molecule has 41 heavy (non-hydrogen) atoms. The van der Waals surface area contributed by atoms with Crippen LogP contribution in [0.3, 0.4) is 0 Å². The van der Waals surface area contributed by atoms with E-state index in [4.69, 9.17) is 4.84 Å². The number of imide groups is 1. The number of alkyl halides is 3. The third-order valence-electron chi connectivity index (χ3n) is 9.31. The van der Waals surface area contributed by atoms with Gasteiger partial charge in [0.2, 0.25) is 23.9 Å². The van der Waals surface area contributed by atoms with Crippen molar-refractivity contribution >= 4 is 23.6 Å². The van der Waals surface area contributed by atoms with Crippen molar-refractivity contribution in [2.45, 2.75) is 70.8 Å². The van der Waals surface area contributed by atoms with Crippen LogP contribution in [0.4, 0.5) is 13.2 Å². The number of nitrogens with one attached hydrogen (secondary N) is 2. The zero-order valence-electron chi connectivity index (χ0n) is 23.5. The molecule has 0 aromatic heterocycles. The van der Waals surface area contributed by atoms with Crippen molar-refractivity contribution in [3.63, 3.8) is 0 Å². The van der Waals surface area contributed by atoms with Crippen molar-refractivity contribution in [2.75, 3.05) is 26.2 Å². The Hall–Kier alpha value is -3.15. The Kier molecular flexibility index (Phi) is 8.58. The molecule has 5 rings (SSSR count). The molecule has 4 heterocycles. The maximum absolute atomic E-state index is 13.0. The first-order valence-electron chi connectivity index (χ1n) is 14.6. The summed E-state index contributed by atoms with van der Waals surface area (Å²) < 4.78 is 38.5. The lowest BCUT2D eigenvalue weighted by atomic mass is 9.76. The summed E-state index contributed by atoms with van der Waals surface area (Å²) in [6, 6.07) is 4.34. The Balaban J connectivity index is 1.08. The fraction of sp³-hybridized carbons (Fsp3) is 0.655. The quantitative estimate of drug-likeness (QED) is 0.458. The second-order valence-corrected chi connectivity index (χ2v) is 11.8. The summed E-state index contributed by atoms with van der Waals surface area (Å²) in [6.45, 7) is 7.10. The lowest BCUT2D eigenvalue weighted by Crippen LogP contribution is -2.53. The summed E-state index contributed by atoms with van der Waals surface area (Å²) in [5.41, 5.74) is -0.119. The van der Waals surface area contributed by atoms with Crippen molar-refractivity contribution < 1.29 is 32.4 Å². The second kappa shape index (κ2) is 12.0. The zero-order valence-corrected chi connectivity index (χ0v) is 23.5. The minimum Gasteiger partial charge on any atom is -0.364 e. The topological polar surface area (TPSA) is 103 Å². The Bertz CT molecular complexity index is 1170. The van der Waals surface area contributed by atoms with Crippen LogP contribution < -0.4 is 10.6 Å². The zero-order chi connectivity index (χ0) is 29.3. The number of rotatable bonds is 8. The predicted molar refractivity (Wildman–Crippen MR) is 144 cm³/mol. The third-order valence-corrected chi connectivity index (χ3v) is 9.31. The van der Waals surface area contributed by atoms with Gasteiger partial charge in [0.1, 0.15) is 6.04 Å². The van der Waals surface area contributed by atoms with Gasteiger partial charge in [-0.3, -0.25) is 24.6 Å². The van der Waals surface area contributed by atoms with E-state index in [1.165, 1.54) is 12.1 Å². The fourth-order valence-corrected chi connectivity index (χ4v) is 6.76. The van der Waals surface area contributed by atoms with Gasteiger partial charge in [0, 0.05) is 24.4 Å². The van der Waals surface area contributed by atoms with E-state index >= 15 is 0 Å². The summed E-state index contributed by atoms with van der Waals surface area (Å²) in [6.07, 6.45) is -0.310. The number of carbonyl (C=O) groups excluding carboxylic acids is 3. The van der Waals surface area contributed by atoms with Gasteiger partial charge in [-0.25, -0.2) is 0 Å². The van der Waals surface area contributed by atoms with Gasteiger partial charge >= 0.3 is 6.18 Å². The van der Waals surface area contributed by atoms with E-state index in [0.717, 1.165) is 50.9 Å². The molecule has 224 valence electrons. The van der Waals surface area contributed by atoms with Crippen LogP contribution in [0.5, 0.6) is 0 Å². The Morgan fingerprint density at radius 2 is 1.80 bits per heavy atom. The molecular formula is C29H38F3N5O4. The van der Waals surface area contributed by atoms with Crippen molar-refractivity contribution in [3.05, 3.63) is 35.4 Å². The van der Waals surface area contributed by atoms with E-state index in [2.05, 4.69) is 27.6 Å². The average molecular weight is 578 g/mol. The lowest BCUT2D eigenvalue weighted by molar-refractivity contribution is -0.144. The number of benzene rings is 1. The van der Waals surface area contributed by atoms with Gasteiger partial charge in [-0.2, -0.15) is 13.2 Å². The molecule has 0 saturated carbocycles. The highest BCUT2D eigenvalue weighted by atomic mass is 19.4. The van der Waals surface area contributed by atoms with Gasteiger partial charge in [-0.05, 0) is 68.7 Å². The van der Waals surface area contributed by atoms with Crippen molar-refractivity contribution in [1.29, 1.82) is 0 Å². The molecule has 5 unspecified atom stereocenters. The largest absolute Gasteiger partial charge is 0.416 e. The number of hydrogen-bond donors (Lipinski definition) is 2. The normalized spacial score (nSPS) is 28.8. The van der Waals surface area contributed by atoms with Crippen molar-refractivity contribution in [3.8, 4) is 0 Å². The SMILES string of the molecule is CCC(CC1CN(C2CCC(=O)NC2=O)C(=O)C1C)C1CCN(CC2=NOC(c3ccc(C(F)(F)F)cc3)N2)CC1. The maximum atomic E-state index is 13.0. The summed E-state index contributed by atoms with van der Waals surface area (Å²) >= 11 is 0. The van der Waals surface area contributed by atoms with Crippen molar-refractivity contribution in [1.82, 2.24) is 20.4 Å². The van der Waals surface area contributed by atoms with Crippen LogP contribution in [0.15, 0.2) is 29.4 Å². The van der Waals surface area contributed by atoms with E-state index in [9.17, 15) is 27.6 Å². The first-order valence-corrected chi connectivity index (χ1v) is 14.6.